The number of carbonyl (C=O) groups excluding carboxylic acids is 4. The Morgan fingerprint density at radius 3 is 1.07 bits per heavy atom. The van der Waals surface area contributed by atoms with Crippen LogP contribution in [0.5, 0.6) is 0 Å². The van der Waals surface area contributed by atoms with E-state index in [9.17, 15) is 70.0 Å². The molecular weight excluding hydrogens is 1530 g/mol. The first-order valence-corrected chi connectivity index (χ1v) is 37.5. The molecule has 0 aliphatic heterocycles. The van der Waals surface area contributed by atoms with E-state index in [2.05, 4.69) is 18.7 Å². The molecule has 0 aliphatic carbocycles. The Labute approximate surface area is 723 Å². The van der Waals surface area contributed by atoms with E-state index in [4.69, 9.17) is 0 Å². The average Bonchev–Trinajstić information content (AvgIpc) is 0.718. The molecule has 32 heteroatoms. The van der Waals surface area contributed by atoms with Gasteiger partial charge in [0.2, 0.25) is 11.8 Å². The molecule has 10 aromatic carbocycles. The zero-order valence-corrected chi connectivity index (χ0v) is 72.7. The molecule has 0 spiro atoms. The number of hydrogen-bond donors (Lipinski definition) is 0. The van der Waals surface area contributed by atoms with Crippen LogP contribution in [0.4, 0.5) is 0 Å². The minimum absolute atomic E-state index is 0. The molecule has 4 heterocycles. The predicted octanol–water partition coefficient (Wildman–Crippen LogP) is -0.445. The average molecular weight is 1590 g/mol. The molecular formula is C78H60N4Na4O20S4. The predicted molar refractivity (Wildman–Crippen MR) is 399 cm³/mol. The van der Waals surface area contributed by atoms with Gasteiger partial charge >= 0.3 is 118 Å². The summed E-state index contributed by atoms with van der Waals surface area (Å²) < 4.78 is 88.0. The van der Waals surface area contributed by atoms with Gasteiger partial charge in [0.15, 0.2) is 21.7 Å². The molecule has 14 rings (SSSR count). The van der Waals surface area contributed by atoms with Gasteiger partial charge in [-0.1, -0.05) is 123 Å². The zero-order valence-electron chi connectivity index (χ0n) is 61.5. The summed E-state index contributed by atoms with van der Waals surface area (Å²) in [5.74, 6) is -6.47. The van der Waals surface area contributed by atoms with E-state index in [1.807, 2.05) is 26.0 Å². The number of aromatic nitrogens is 4. The van der Waals surface area contributed by atoms with Gasteiger partial charge < -0.3 is 19.6 Å². The van der Waals surface area contributed by atoms with Crippen LogP contribution in [-0.4, -0.2) is 79.3 Å². The summed E-state index contributed by atoms with van der Waals surface area (Å²) in [5, 5.41) is 31.3. The molecule has 0 aliphatic rings. The second kappa shape index (κ2) is 35.1. The first-order valence-electron chi connectivity index (χ1n) is 32.9. The van der Waals surface area contributed by atoms with Crippen molar-refractivity contribution in [3.8, 4) is 0 Å². The van der Waals surface area contributed by atoms with Crippen molar-refractivity contribution in [2.24, 2.45) is 23.7 Å². The van der Waals surface area contributed by atoms with Crippen LogP contribution < -0.4 is 150 Å². The third-order valence-electron chi connectivity index (χ3n) is 19.1. The van der Waals surface area contributed by atoms with Gasteiger partial charge in [-0.3, -0.25) is 66.7 Å². The topological polar surface area (TPSA) is 354 Å². The van der Waals surface area contributed by atoms with Gasteiger partial charge in [-0.15, -0.1) is 0 Å². The van der Waals surface area contributed by atoms with Gasteiger partial charge in [0.05, 0.1) is 105 Å². The third-order valence-corrected chi connectivity index (χ3v) is 22.0. The number of fused-ring (bicyclic) bond motifs is 10. The number of carbonyl (C=O) groups is 4. The quantitative estimate of drug-likeness (QED) is 0.0225. The summed E-state index contributed by atoms with van der Waals surface area (Å²) in [4.78, 5) is 116. The summed E-state index contributed by atoms with van der Waals surface area (Å²) in [5.41, 5.74) is 1.44. The molecule has 2 atom stereocenters. The summed E-state index contributed by atoms with van der Waals surface area (Å²) >= 11 is 1.19. The fraction of sp³-hybridized carbons (Fsp3) is 0.179. The summed E-state index contributed by atoms with van der Waals surface area (Å²) in [6.07, 6.45) is 0. The summed E-state index contributed by atoms with van der Waals surface area (Å²) in [6.45, 7) is 14.0. The van der Waals surface area contributed by atoms with Gasteiger partial charge in [-0.2, -0.15) is 8.67 Å². The monoisotopic (exact) mass is 1590 g/mol. The van der Waals surface area contributed by atoms with Crippen molar-refractivity contribution in [1.29, 1.82) is 0 Å². The smallest absolute Gasteiger partial charge is 0.748 e. The number of hydrogen-bond acceptors (Lipinski definition) is 22. The number of nitrogens with zero attached hydrogens (tertiary/aromatic N) is 4. The van der Waals surface area contributed by atoms with Crippen molar-refractivity contribution in [3.05, 3.63) is 244 Å². The largest absolute Gasteiger partial charge is 1.00 e. The molecule has 0 radical (unpaired) electrons. The van der Waals surface area contributed by atoms with Crippen molar-refractivity contribution in [1.82, 2.24) is 18.3 Å². The van der Waals surface area contributed by atoms with Gasteiger partial charge in [0.1, 0.15) is 10.1 Å². The Balaban J connectivity index is 0.000000249. The maximum absolute atomic E-state index is 15.0. The van der Waals surface area contributed by atoms with E-state index in [1.54, 1.807) is 157 Å². The normalized spacial score (nSPS) is 12.3. The van der Waals surface area contributed by atoms with Crippen molar-refractivity contribution in [2.45, 2.75) is 65.2 Å². The van der Waals surface area contributed by atoms with E-state index in [0.29, 0.717) is 56.9 Å². The van der Waals surface area contributed by atoms with E-state index >= 15 is 4.79 Å². The third kappa shape index (κ3) is 16.8. The Morgan fingerprint density at radius 1 is 0.400 bits per heavy atom. The minimum atomic E-state index is -5.21. The SMILES string of the molecule is Cc1ccc2c(c1)c(=O)c1cc3c(cc1n2C(=O)C(CSOO[O-])C(C)C)c(=O)c1cc(C)ccc1n3C(=O)C(CS(=O)(=O)[O-])C(C)C.Cc1ccc2c(c1)c(=O)c1cc3c(cc1n2C(=O)c1cc2ccccc2cc1SOO[O-])c(=O)c1cc(C)ccc1n3C(=O)c1cc2ccccc2cc1S(=O)(=O)[O-].[Na+].[Na+].[Na+].[Na+]. The van der Waals surface area contributed by atoms with Gasteiger partial charge in [-0.05, 0) is 158 Å². The Kier molecular flexibility index (Phi) is 27.9. The van der Waals surface area contributed by atoms with Crippen molar-refractivity contribution < 1.29 is 193 Å². The molecule has 0 saturated heterocycles. The fourth-order valence-corrected chi connectivity index (χ4v) is 16.8. The second-order valence-electron chi connectivity index (χ2n) is 26.7. The molecule has 110 heavy (non-hydrogen) atoms. The Morgan fingerprint density at radius 2 is 0.718 bits per heavy atom. The molecule has 0 bridgehead atoms. The molecule has 540 valence electrons. The molecule has 0 N–H and O–H groups in total. The van der Waals surface area contributed by atoms with E-state index in [-0.39, 0.29) is 222 Å². The van der Waals surface area contributed by atoms with E-state index in [1.165, 1.54) is 50.1 Å². The number of benzene rings is 10. The first-order chi connectivity index (χ1) is 50.4. The van der Waals surface area contributed by atoms with Gasteiger partial charge in [-0.25, -0.2) is 16.8 Å². The van der Waals surface area contributed by atoms with Gasteiger partial charge in [0.25, 0.3) is 11.8 Å². The van der Waals surface area contributed by atoms with Crippen LogP contribution in [0.1, 0.15) is 80.3 Å². The molecule has 0 saturated carbocycles. The molecule has 0 fully saturated rings. The Bertz CT molecular complexity index is 6690. The van der Waals surface area contributed by atoms with Crippen LogP contribution in [0.2, 0.25) is 0 Å². The van der Waals surface area contributed by atoms with E-state index < -0.39 is 99.5 Å². The molecule has 0 amide bonds. The van der Waals surface area contributed by atoms with Crippen LogP contribution in [0.15, 0.2) is 199 Å². The Hall–Kier alpha value is -6.44. The minimum Gasteiger partial charge on any atom is -0.748 e. The second-order valence-corrected chi connectivity index (χ2v) is 31.0. The van der Waals surface area contributed by atoms with Crippen LogP contribution in [-0.2, 0) is 39.0 Å². The van der Waals surface area contributed by atoms with Crippen LogP contribution >= 0.6 is 24.1 Å². The number of pyridine rings is 4. The van der Waals surface area contributed by atoms with Gasteiger partial charge in [0, 0.05) is 60.9 Å². The standard InChI is InChI=1S/C44H28N2O10S2.C34H36N2O10S2.4Na/c1-23-11-13-35-29(15-23)41(47)31-22-38-32(21-37(31)45(35)43(49)33-17-25-7-3-5-9-27(25)19-39(33)57-56-55-51)42(48)30-16-24(2)12-14-36(30)46(38)44(50)34-18-26-8-4-6-10-28(26)20-40(34)58(52,53)54;1-17(2)25(15-47-46-45-41)33(39)35-27-9-7-19(5)11-21(27)31(37)23-14-30-24(13-29(23)35)32(38)22-12-20(6)8-10-28(22)36(30)34(40)26(18(3)4)16-48(42,43)44;;;;/h3-22,51H,1-2H3,(H,52,53,54);7-14,17-18,25-26,41H,15-16H2,1-6H3,(H,42,43,44);;;;/q;;4*+1/p-4. The summed E-state index contributed by atoms with van der Waals surface area (Å²) in [6, 6.07) is 44.8. The molecule has 24 nitrogen and oxygen atoms in total. The van der Waals surface area contributed by atoms with Crippen LogP contribution in [0.3, 0.4) is 0 Å². The molecule has 2 unspecified atom stereocenters. The van der Waals surface area contributed by atoms with Crippen molar-refractivity contribution >= 4 is 177 Å². The van der Waals surface area contributed by atoms with Crippen LogP contribution in [0, 0.1) is 51.4 Å². The molecule has 4 aromatic heterocycles. The number of rotatable bonds is 16. The molecule has 14 aromatic rings. The van der Waals surface area contributed by atoms with E-state index in [0.717, 1.165) is 27.1 Å². The van der Waals surface area contributed by atoms with Crippen molar-refractivity contribution in [2.75, 3.05) is 11.5 Å². The summed E-state index contributed by atoms with van der Waals surface area (Å²) in [7, 11) is -10.0. The fourth-order valence-electron chi connectivity index (χ4n) is 13.9. The maximum atomic E-state index is 15.0. The first kappa shape index (κ1) is 87.5. The van der Waals surface area contributed by atoms with Crippen LogP contribution in [0.25, 0.3) is 109 Å². The zero-order chi connectivity index (χ0) is 75.9. The van der Waals surface area contributed by atoms with Crippen molar-refractivity contribution in [3.63, 3.8) is 0 Å². The maximum Gasteiger partial charge on any atom is 1.00 e. The number of aryl methyl sites for hydroxylation is 4.